The fraction of sp³-hybridized carbons (Fsp3) is 0.933. The standard InChI is InChI=1S/C15H29NO5S/c1-4-21-11-13(2)12-22(18,19)16-15(14(17)20-3)9-7-5-6-8-10-15/h13,16H,4-12H2,1-3H3/t13-/m0/s1. The normalized spacial score (nSPS) is 20.1. The molecule has 7 heteroatoms. The van der Waals surface area contributed by atoms with Gasteiger partial charge in [-0.2, -0.15) is 4.72 Å². The van der Waals surface area contributed by atoms with Crippen LogP contribution in [-0.2, 0) is 24.3 Å². The van der Waals surface area contributed by atoms with E-state index in [1.165, 1.54) is 7.11 Å². The summed E-state index contributed by atoms with van der Waals surface area (Å²) in [5.74, 6) is -0.653. The van der Waals surface area contributed by atoms with E-state index >= 15 is 0 Å². The molecule has 0 aromatic carbocycles. The SMILES string of the molecule is CCOC[C@H](C)CS(=O)(=O)NC1(C(=O)OC)CCCCCC1. The Balaban J connectivity index is 2.81. The van der Waals surface area contributed by atoms with Crippen molar-refractivity contribution in [2.75, 3.05) is 26.1 Å². The third-order valence-electron chi connectivity index (χ3n) is 3.99. The van der Waals surface area contributed by atoms with Crippen molar-refractivity contribution in [3.8, 4) is 0 Å². The summed E-state index contributed by atoms with van der Waals surface area (Å²) in [6, 6.07) is 0. The molecule has 0 aromatic rings. The summed E-state index contributed by atoms with van der Waals surface area (Å²) in [4.78, 5) is 12.2. The average molecular weight is 335 g/mol. The summed E-state index contributed by atoms with van der Waals surface area (Å²) in [7, 11) is -2.26. The van der Waals surface area contributed by atoms with Gasteiger partial charge in [0.05, 0.1) is 19.5 Å². The van der Waals surface area contributed by atoms with Gasteiger partial charge in [0.25, 0.3) is 0 Å². The van der Waals surface area contributed by atoms with E-state index in [2.05, 4.69) is 4.72 Å². The highest BCUT2D eigenvalue weighted by molar-refractivity contribution is 7.89. The number of carbonyl (C=O) groups is 1. The number of hydrogen-bond donors (Lipinski definition) is 1. The lowest BCUT2D eigenvalue weighted by Crippen LogP contribution is -2.55. The van der Waals surface area contributed by atoms with Crippen LogP contribution in [0.1, 0.15) is 52.4 Å². The van der Waals surface area contributed by atoms with Gasteiger partial charge < -0.3 is 9.47 Å². The maximum Gasteiger partial charge on any atom is 0.327 e. The van der Waals surface area contributed by atoms with Gasteiger partial charge in [-0.05, 0) is 25.7 Å². The smallest absolute Gasteiger partial charge is 0.327 e. The fourth-order valence-electron chi connectivity index (χ4n) is 2.96. The molecule has 0 bridgehead atoms. The molecule has 1 fully saturated rings. The Hall–Kier alpha value is -0.660. The molecule has 1 atom stereocenters. The highest BCUT2D eigenvalue weighted by Gasteiger charge is 2.43. The van der Waals surface area contributed by atoms with Crippen LogP contribution in [0, 0.1) is 5.92 Å². The van der Waals surface area contributed by atoms with Crippen molar-refractivity contribution in [1.82, 2.24) is 4.72 Å². The lowest BCUT2D eigenvalue weighted by Gasteiger charge is -2.31. The van der Waals surface area contributed by atoms with Gasteiger partial charge in [-0.1, -0.05) is 32.6 Å². The van der Waals surface area contributed by atoms with Crippen LogP contribution in [0.5, 0.6) is 0 Å². The summed E-state index contributed by atoms with van der Waals surface area (Å²) < 4.78 is 37.7. The number of hydrogen-bond acceptors (Lipinski definition) is 5. The highest BCUT2D eigenvalue weighted by atomic mass is 32.2. The molecule has 22 heavy (non-hydrogen) atoms. The Morgan fingerprint density at radius 2 is 1.82 bits per heavy atom. The molecule has 0 radical (unpaired) electrons. The molecule has 1 aliphatic carbocycles. The number of ether oxygens (including phenoxy) is 2. The Morgan fingerprint density at radius 1 is 1.23 bits per heavy atom. The summed E-state index contributed by atoms with van der Waals surface area (Å²) in [5.41, 5.74) is -1.10. The van der Waals surface area contributed by atoms with E-state index in [1.54, 1.807) is 0 Å². The van der Waals surface area contributed by atoms with Gasteiger partial charge in [-0.25, -0.2) is 8.42 Å². The predicted octanol–water partition coefficient (Wildman–Crippen LogP) is 1.84. The van der Waals surface area contributed by atoms with Crippen molar-refractivity contribution in [3.63, 3.8) is 0 Å². The summed E-state index contributed by atoms with van der Waals surface area (Å²) in [5, 5.41) is 0. The van der Waals surface area contributed by atoms with Gasteiger partial charge in [-0.15, -0.1) is 0 Å². The molecule has 0 saturated heterocycles. The first-order chi connectivity index (χ1) is 10.4. The minimum Gasteiger partial charge on any atom is -0.468 e. The van der Waals surface area contributed by atoms with Gasteiger partial charge in [-0.3, -0.25) is 4.79 Å². The quantitative estimate of drug-likeness (QED) is 0.541. The van der Waals surface area contributed by atoms with Crippen LogP contribution in [0.3, 0.4) is 0 Å². The van der Waals surface area contributed by atoms with Crippen molar-refractivity contribution < 1.29 is 22.7 Å². The Labute approximate surface area is 134 Å². The molecule has 0 aromatic heterocycles. The zero-order valence-corrected chi connectivity index (χ0v) is 14.7. The largest absolute Gasteiger partial charge is 0.468 e. The van der Waals surface area contributed by atoms with Gasteiger partial charge >= 0.3 is 5.97 Å². The van der Waals surface area contributed by atoms with Gasteiger partial charge in [0.2, 0.25) is 10.0 Å². The average Bonchev–Trinajstić information content (AvgIpc) is 2.69. The number of esters is 1. The fourth-order valence-corrected chi connectivity index (χ4v) is 4.77. The molecular formula is C15H29NO5S. The van der Waals surface area contributed by atoms with Crippen molar-refractivity contribution >= 4 is 16.0 Å². The minimum absolute atomic E-state index is 0.0499. The highest BCUT2D eigenvalue weighted by Crippen LogP contribution is 2.29. The first-order valence-electron chi connectivity index (χ1n) is 8.03. The third kappa shape index (κ3) is 5.85. The molecule has 1 saturated carbocycles. The maximum atomic E-state index is 12.4. The van der Waals surface area contributed by atoms with Crippen molar-refractivity contribution in [2.24, 2.45) is 5.92 Å². The van der Waals surface area contributed by atoms with Gasteiger partial charge in [0, 0.05) is 6.61 Å². The zero-order chi connectivity index (χ0) is 16.6. The monoisotopic (exact) mass is 335 g/mol. The Morgan fingerprint density at radius 3 is 2.32 bits per heavy atom. The molecule has 130 valence electrons. The molecule has 0 aliphatic heterocycles. The summed E-state index contributed by atoms with van der Waals surface area (Å²) >= 11 is 0. The van der Waals surface area contributed by atoms with Crippen LogP contribution in [0.4, 0.5) is 0 Å². The first-order valence-corrected chi connectivity index (χ1v) is 9.68. The second-order valence-corrected chi connectivity index (χ2v) is 7.90. The van der Waals surface area contributed by atoms with Crippen LogP contribution in [0.15, 0.2) is 0 Å². The molecule has 0 unspecified atom stereocenters. The van der Waals surface area contributed by atoms with Gasteiger partial charge in [0.15, 0.2) is 0 Å². The lowest BCUT2D eigenvalue weighted by atomic mass is 9.92. The molecule has 0 amide bonds. The van der Waals surface area contributed by atoms with Crippen LogP contribution in [0.25, 0.3) is 0 Å². The van der Waals surface area contributed by atoms with Crippen LogP contribution in [-0.4, -0.2) is 46.0 Å². The van der Waals surface area contributed by atoms with E-state index in [-0.39, 0.29) is 11.7 Å². The van der Waals surface area contributed by atoms with Crippen molar-refractivity contribution in [3.05, 3.63) is 0 Å². The first kappa shape index (κ1) is 19.4. The van der Waals surface area contributed by atoms with Gasteiger partial charge in [0.1, 0.15) is 5.54 Å². The van der Waals surface area contributed by atoms with E-state index in [4.69, 9.17) is 9.47 Å². The van der Waals surface area contributed by atoms with Crippen molar-refractivity contribution in [1.29, 1.82) is 0 Å². The number of nitrogens with one attached hydrogen (secondary N) is 1. The summed E-state index contributed by atoms with van der Waals surface area (Å²) in [6.07, 6.45) is 4.68. The number of sulfonamides is 1. The second kappa shape index (κ2) is 8.84. The molecule has 1 aliphatic rings. The molecular weight excluding hydrogens is 306 g/mol. The topological polar surface area (TPSA) is 81.7 Å². The minimum atomic E-state index is -3.57. The number of carbonyl (C=O) groups excluding carboxylic acids is 1. The van der Waals surface area contributed by atoms with E-state index in [0.29, 0.717) is 26.1 Å². The number of rotatable bonds is 8. The lowest BCUT2D eigenvalue weighted by molar-refractivity contribution is -0.148. The maximum absolute atomic E-state index is 12.4. The molecule has 1 N–H and O–H groups in total. The third-order valence-corrected chi connectivity index (χ3v) is 5.70. The van der Waals surface area contributed by atoms with Crippen LogP contribution in [0.2, 0.25) is 0 Å². The van der Waals surface area contributed by atoms with E-state index in [1.807, 2.05) is 13.8 Å². The van der Waals surface area contributed by atoms with Crippen molar-refractivity contribution in [2.45, 2.75) is 57.9 Å². The second-order valence-electron chi connectivity index (χ2n) is 6.14. The summed E-state index contributed by atoms with van der Waals surface area (Å²) in [6.45, 7) is 4.65. The Kier molecular flexibility index (Phi) is 7.79. The predicted molar refractivity (Wildman–Crippen MR) is 85.0 cm³/mol. The van der Waals surface area contributed by atoms with Crippen LogP contribution < -0.4 is 4.72 Å². The molecule has 6 nitrogen and oxygen atoms in total. The molecule has 0 heterocycles. The zero-order valence-electron chi connectivity index (χ0n) is 13.9. The van der Waals surface area contributed by atoms with E-state index in [0.717, 1.165) is 25.7 Å². The van der Waals surface area contributed by atoms with E-state index < -0.39 is 21.5 Å². The van der Waals surface area contributed by atoms with Crippen LogP contribution >= 0.6 is 0 Å². The van der Waals surface area contributed by atoms with E-state index in [9.17, 15) is 13.2 Å². The number of methoxy groups -OCH3 is 1. The molecule has 1 rings (SSSR count). The Bertz CT molecular complexity index is 441. The molecule has 0 spiro atoms.